The number of unbranched alkanes of at least 4 members (excludes halogenated alkanes) is 9. The van der Waals surface area contributed by atoms with Gasteiger partial charge in [-0.15, -0.1) is 0 Å². The lowest BCUT2D eigenvalue weighted by atomic mass is 10.1. The van der Waals surface area contributed by atoms with Crippen molar-refractivity contribution in [2.45, 2.75) is 95.7 Å². The predicted molar refractivity (Wildman–Crippen MR) is 146 cm³/mol. The fourth-order valence-electron chi connectivity index (χ4n) is 4.54. The molecule has 220 valence electrons. The minimum absolute atomic E-state index is 0.00747. The van der Waals surface area contributed by atoms with Crippen LogP contribution in [0.15, 0.2) is 35.4 Å². The number of hydrogen-bond acceptors (Lipinski definition) is 10. The number of carbonyl (C=O) groups is 2. The first kappa shape index (κ1) is 31.3. The zero-order valence-corrected chi connectivity index (χ0v) is 22.9. The number of aliphatic hydroxyl groups is 3. The van der Waals surface area contributed by atoms with Gasteiger partial charge in [0.15, 0.2) is 6.23 Å². The SMILES string of the molecule is CCCCCCCCCCCCOC(=O)c1cccnc1C(=O)Nc1ccn([C@@H]2O[C@H](CO)[C@@H](O)[C@@H]2O)c(=O)n1. The average molecular weight is 561 g/mol. The third-order valence-electron chi connectivity index (χ3n) is 6.84. The van der Waals surface area contributed by atoms with E-state index in [9.17, 15) is 29.7 Å². The number of anilines is 1. The second-order valence-electron chi connectivity index (χ2n) is 9.90. The van der Waals surface area contributed by atoms with E-state index in [0.717, 1.165) is 23.8 Å². The first-order chi connectivity index (χ1) is 19.4. The summed E-state index contributed by atoms with van der Waals surface area (Å²) in [5, 5.41) is 31.7. The number of carbonyl (C=O) groups excluding carboxylic acids is 2. The Morgan fingerprint density at radius 2 is 1.70 bits per heavy atom. The van der Waals surface area contributed by atoms with Gasteiger partial charge in [0.05, 0.1) is 18.8 Å². The summed E-state index contributed by atoms with van der Waals surface area (Å²) in [5.41, 5.74) is -1.05. The Morgan fingerprint density at radius 3 is 2.33 bits per heavy atom. The summed E-state index contributed by atoms with van der Waals surface area (Å²) in [7, 11) is 0. The highest BCUT2D eigenvalue weighted by Crippen LogP contribution is 2.28. The Bertz CT molecular complexity index is 1160. The van der Waals surface area contributed by atoms with E-state index in [-0.39, 0.29) is 23.7 Å². The molecule has 0 bridgehead atoms. The molecule has 0 spiro atoms. The van der Waals surface area contributed by atoms with Crippen molar-refractivity contribution < 1.29 is 34.4 Å². The van der Waals surface area contributed by atoms with E-state index in [1.165, 1.54) is 75.5 Å². The van der Waals surface area contributed by atoms with Crippen LogP contribution in [-0.4, -0.2) is 73.3 Å². The number of nitrogens with zero attached hydrogens (tertiary/aromatic N) is 3. The molecule has 0 saturated carbocycles. The number of amides is 1. The lowest BCUT2D eigenvalue weighted by molar-refractivity contribution is -0.0549. The molecule has 12 nitrogen and oxygen atoms in total. The Balaban J connectivity index is 1.49. The van der Waals surface area contributed by atoms with E-state index in [1.807, 2.05) is 0 Å². The normalized spacial score (nSPS) is 20.4. The van der Waals surface area contributed by atoms with Crippen LogP contribution in [0, 0.1) is 0 Å². The number of aromatic nitrogens is 3. The third kappa shape index (κ3) is 8.65. The molecule has 4 atom stereocenters. The number of hydrogen-bond donors (Lipinski definition) is 4. The van der Waals surface area contributed by atoms with Gasteiger partial charge < -0.3 is 30.1 Å². The number of ether oxygens (including phenoxy) is 2. The molecule has 3 heterocycles. The number of aliphatic hydroxyl groups excluding tert-OH is 3. The van der Waals surface area contributed by atoms with E-state index in [2.05, 4.69) is 22.2 Å². The first-order valence-corrected chi connectivity index (χ1v) is 14.0. The van der Waals surface area contributed by atoms with Gasteiger partial charge in [0.25, 0.3) is 5.91 Å². The topological polar surface area (TPSA) is 173 Å². The molecule has 0 aliphatic carbocycles. The highest BCUT2D eigenvalue weighted by atomic mass is 16.6. The van der Waals surface area contributed by atoms with Gasteiger partial charge >= 0.3 is 11.7 Å². The van der Waals surface area contributed by atoms with Crippen LogP contribution in [0.25, 0.3) is 0 Å². The molecule has 1 fully saturated rings. The number of esters is 1. The lowest BCUT2D eigenvalue weighted by Gasteiger charge is -2.17. The molecule has 2 aromatic rings. The molecule has 1 amide bonds. The summed E-state index contributed by atoms with van der Waals surface area (Å²) >= 11 is 0. The van der Waals surface area contributed by atoms with Crippen LogP contribution in [0.5, 0.6) is 0 Å². The van der Waals surface area contributed by atoms with Gasteiger partial charge in [-0.05, 0) is 24.6 Å². The summed E-state index contributed by atoms with van der Waals surface area (Å²) < 4.78 is 11.6. The maximum atomic E-state index is 12.9. The van der Waals surface area contributed by atoms with Gasteiger partial charge in [0.1, 0.15) is 29.8 Å². The van der Waals surface area contributed by atoms with Gasteiger partial charge in [-0.3, -0.25) is 14.3 Å². The van der Waals surface area contributed by atoms with Gasteiger partial charge in [-0.2, -0.15) is 4.98 Å². The fraction of sp³-hybridized carbons (Fsp3) is 0.607. The summed E-state index contributed by atoms with van der Waals surface area (Å²) in [5.74, 6) is -1.54. The van der Waals surface area contributed by atoms with Gasteiger partial charge in [0.2, 0.25) is 0 Å². The van der Waals surface area contributed by atoms with Crippen LogP contribution in [0.4, 0.5) is 5.82 Å². The molecule has 0 aromatic carbocycles. The highest BCUT2D eigenvalue weighted by Gasteiger charge is 2.43. The number of nitrogens with one attached hydrogen (secondary N) is 1. The molecule has 1 saturated heterocycles. The molecule has 0 unspecified atom stereocenters. The highest BCUT2D eigenvalue weighted by molar-refractivity contribution is 6.09. The summed E-state index contributed by atoms with van der Waals surface area (Å²) in [6.45, 7) is 1.91. The zero-order valence-electron chi connectivity index (χ0n) is 22.9. The molecule has 40 heavy (non-hydrogen) atoms. The standard InChI is InChI=1S/C28H40N4O8/c1-2-3-4-5-6-7-8-9-10-11-17-39-27(37)19-13-12-15-29-22(19)25(36)30-21-14-16-32(28(38)31-21)26-24(35)23(34)20(18-33)40-26/h12-16,20,23-24,26,33-35H,2-11,17-18H2,1H3,(H,30,31,36,38)/t20-,23-,24+,26-/m1/s1. The van der Waals surface area contributed by atoms with E-state index in [1.54, 1.807) is 0 Å². The van der Waals surface area contributed by atoms with Crippen molar-refractivity contribution in [1.29, 1.82) is 0 Å². The van der Waals surface area contributed by atoms with Crippen molar-refractivity contribution >= 4 is 17.7 Å². The molecule has 12 heteroatoms. The average Bonchev–Trinajstić information content (AvgIpc) is 3.24. The van der Waals surface area contributed by atoms with Crippen molar-refractivity contribution in [3.05, 3.63) is 52.3 Å². The Kier molecular flexibility index (Phi) is 12.7. The molecular formula is C28H40N4O8. The minimum Gasteiger partial charge on any atom is -0.462 e. The summed E-state index contributed by atoms with van der Waals surface area (Å²) in [4.78, 5) is 45.8. The summed E-state index contributed by atoms with van der Waals surface area (Å²) in [6.07, 6.45) is 9.04. The second-order valence-corrected chi connectivity index (χ2v) is 9.90. The van der Waals surface area contributed by atoms with Crippen molar-refractivity contribution in [1.82, 2.24) is 14.5 Å². The van der Waals surface area contributed by atoms with Crippen molar-refractivity contribution in [2.75, 3.05) is 18.5 Å². The maximum absolute atomic E-state index is 12.9. The van der Waals surface area contributed by atoms with Crippen LogP contribution in [0.1, 0.15) is 98.2 Å². The van der Waals surface area contributed by atoms with Gasteiger partial charge in [-0.1, -0.05) is 64.7 Å². The second kappa shape index (κ2) is 16.2. The Morgan fingerprint density at radius 1 is 1.02 bits per heavy atom. The summed E-state index contributed by atoms with van der Waals surface area (Å²) in [6, 6.07) is 4.25. The van der Waals surface area contributed by atoms with Crippen LogP contribution in [0.3, 0.4) is 0 Å². The number of pyridine rings is 1. The molecular weight excluding hydrogens is 520 g/mol. The molecule has 0 radical (unpaired) electrons. The first-order valence-electron chi connectivity index (χ1n) is 14.0. The van der Waals surface area contributed by atoms with Crippen LogP contribution in [0.2, 0.25) is 0 Å². The quantitative estimate of drug-likeness (QED) is 0.176. The minimum atomic E-state index is -1.46. The van der Waals surface area contributed by atoms with Crippen molar-refractivity contribution in [3.63, 3.8) is 0 Å². The predicted octanol–water partition coefficient (Wildman–Crippen LogP) is 2.58. The van der Waals surface area contributed by atoms with E-state index in [0.29, 0.717) is 0 Å². The maximum Gasteiger partial charge on any atom is 0.351 e. The Hall–Kier alpha value is -3.19. The molecule has 3 rings (SSSR count). The van der Waals surface area contributed by atoms with Crippen molar-refractivity contribution in [3.8, 4) is 0 Å². The van der Waals surface area contributed by atoms with Crippen molar-refractivity contribution in [2.24, 2.45) is 0 Å². The lowest BCUT2D eigenvalue weighted by Crippen LogP contribution is -2.36. The molecule has 1 aliphatic heterocycles. The third-order valence-corrected chi connectivity index (χ3v) is 6.84. The van der Waals surface area contributed by atoms with Gasteiger partial charge in [-0.25, -0.2) is 9.59 Å². The molecule has 4 N–H and O–H groups in total. The molecule has 1 aliphatic rings. The fourth-order valence-corrected chi connectivity index (χ4v) is 4.54. The van der Waals surface area contributed by atoms with E-state index < -0.39 is 48.7 Å². The monoisotopic (exact) mass is 560 g/mol. The zero-order chi connectivity index (χ0) is 28.9. The van der Waals surface area contributed by atoms with E-state index >= 15 is 0 Å². The van der Waals surface area contributed by atoms with Crippen LogP contribution in [-0.2, 0) is 9.47 Å². The van der Waals surface area contributed by atoms with E-state index in [4.69, 9.17) is 9.47 Å². The van der Waals surface area contributed by atoms with Crippen LogP contribution >= 0.6 is 0 Å². The smallest absolute Gasteiger partial charge is 0.351 e. The Labute approximate surface area is 233 Å². The van der Waals surface area contributed by atoms with Crippen LogP contribution < -0.4 is 11.0 Å². The number of rotatable bonds is 16. The largest absolute Gasteiger partial charge is 0.462 e. The van der Waals surface area contributed by atoms with Gasteiger partial charge in [0, 0.05) is 12.4 Å². The molecule has 2 aromatic heterocycles.